The van der Waals surface area contributed by atoms with Crippen LogP contribution in [0.4, 0.5) is 5.82 Å². The molecule has 5 nitrogen and oxygen atoms in total. The monoisotopic (exact) mass is 395 g/mol. The van der Waals surface area contributed by atoms with Gasteiger partial charge in [-0.15, -0.1) is 11.8 Å². The van der Waals surface area contributed by atoms with Gasteiger partial charge in [0.1, 0.15) is 12.1 Å². The summed E-state index contributed by atoms with van der Waals surface area (Å²) in [5, 5.41) is 0. The normalized spacial score (nSPS) is 19.6. The number of methoxy groups -OCH3 is 1. The smallest absolute Gasteiger partial charge is 0.168 e. The largest absolute Gasteiger partial charge is 0.383 e. The Labute approximate surface area is 169 Å². The van der Waals surface area contributed by atoms with Crippen molar-refractivity contribution in [2.75, 3.05) is 19.1 Å². The van der Waals surface area contributed by atoms with Crippen LogP contribution < -0.4 is 5.73 Å². The Balaban J connectivity index is 1.71. The van der Waals surface area contributed by atoms with E-state index in [2.05, 4.69) is 16.9 Å². The number of carbonyl (C=O) groups is 1. The number of nitrogens with two attached hydrogens (primary N) is 1. The molecule has 2 N–H and O–H groups in total. The van der Waals surface area contributed by atoms with E-state index in [1.807, 2.05) is 30.5 Å². The predicted molar refractivity (Wildman–Crippen MR) is 113 cm³/mol. The molecule has 0 aliphatic heterocycles. The van der Waals surface area contributed by atoms with Crippen LogP contribution in [0.1, 0.15) is 48.1 Å². The molecule has 1 atom stereocenters. The molecule has 146 valence electrons. The highest BCUT2D eigenvalue weighted by molar-refractivity contribution is 8.02. The SMILES string of the molecule is COCc1ccc(CC(=O)C2=C(SC)C(C3(C)CC3)c3ncnc(N)c32)cc1. The summed E-state index contributed by atoms with van der Waals surface area (Å²) in [7, 11) is 1.68. The van der Waals surface area contributed by atoms with Gasteiger partial charge >= 0.3 is 0 Å². The zero-order valence-electron chi connectivity index (χ0n) is 16.5. The average Bonchev–Trinajstić information content (AvgIpc) is 3.31. The number of hydrogen-bond donors (Lipinski definition) is 1. The third kappa shape index (κ3) is 3.25. The van der Waals surface area contributed by atoms with E-state index in [9.17, 15) is 4.79 Å². The quantitative estimate of drug-likeness (QED) is 0.764. The Morgan fingerprint density at radius 2 is 1.93 bits per heavy atom. The third-order valence-electron chi connectivity index (χ3n) is 5.87. The first-order valence-electron chi connectivity index (χ1n) is 9.47. The Bertz CT molecular complexity index is 949. The van der Waals surface area contributed by atoms with Crippen LogP contribution in [-0.4, -0.2) is 29.1 Å². The second kappa shape index (κ2) is 7.33. The van der Waals surface area contributed by atoms with E-state index in [1.165, 1.54) is 6.33 Å². The summed E-state index contributed by atoms with van der Waals surface area (Å²) in [5.74, 6) is 0.631. The van der Waals surface area contributed by atoms with Crippen molar-refractivity contribution < 1.29 is 9.53 Å². The lowest BCUT2D eigenvalue weighted by Gasteiger charge is -2.21. The van der Waals surface area contributed by atoms with Gasteiger partial charge in [0.25, 0.3) is 0 Å². The van der Waals surface area contributed by atoms with Crippen molar-refractivity contribution in [3.05, 3.63) is 57.9 Å². The lowest BCUT2D eigenvalue weighted by atomic mass is 9.89. The number of benzene rings is 1. The van der Waals surface area contributed by atoms with Gasteiger partial charge in [-0.25, -0.2) is 9.97 Å². The number of ketones is 1. The molecule has 1 fully saturated rings. The number of anilines is 1. The molecular formula is C22H25N3O2S. The molecule has 0 spiro atoms. The van der Waals surface area contributed by atoms with Crippen molar-refractivity contribution in [2.24, 2.45) is 5.41 Å². The first kappa shape index (κ1) is 19.2. The van der Waals surface area contributed by atoms with Gasteiger partial charge in [-0.1, -0.05) is 31.2 Å². The topological polar surface area (TPSA) is 78.1 Å². The van der Waals surface area contributed by atoms with Crippen LogP contribution in [0.15, 0.2) is 35.5 Å². The minimum Gasteiger partial charge on any atom is -0.383 e. The molecule has 2 aromatic rings. The molecule has 0 radical (unpaired) electrons. The summed E-state index contributed by atoms with van der Waals surface area (Å²) in [6, 6.07) is 7.99. The number of aromatic nitrogens is 2. The summed E-state index contributed by atoms with van der Waals surface area (Å²) < 4.78 is 5.16. The van der Waals surface area contributed by atoms with Crippen LogP contribution in [0.2, 0.25) is 0 Å². The molecule has 4 rings (SSSR count). The molecule has 1 aromatic carbocycles. The number of fused-ring (bicyclic) bond motifs is 1. The number of rotatable bonds is 7. The van der Waals surface area contributed by atoms with Gasteiger partial charge < -0.3 is 10.5 Å². The van der Waals surface area contributed by atoms with Gasteiger partial charge in [-0.05, 0) is 35.6 Å². The zero-order valence-corrected chi connectivity index (χ0v) is 17.3. The molecule has 1 saturated carbocycles. The Morgan fingerprint density at radius 3 is 2.54 bits per heavy atom. The highest BCUT2D eigenvalue weighted by Crippen LogP contribution is 2.64. The number of nitrogens with zero attached hydrogens (tertiary/aromatic N) is 2. The molecule has 6 heteroatoms. The van der Waals surface area contributed by atoms with E-state index >= 15 is 0 Å². The number of ether oxygens (including phenoxy) is 1. The molecular weight excluding hydrogens is 370 g/mol. The van der Waals surface area contributed by atoms with Crippen LogP contribution in [0, 0.1) is 5.41 Å². The van der Waals surface area contributed by atoms with E-state index in [0.717, 1.165) is 45.7 Å². The van der Waals surface area contributed by atoms with Crippen molar-refractivity contribution in [1.29, 1.82) is 0 Å². The van der Waals surface area contributed by atoms with Crippen LogP contribution >= 0.6 is 11.8 Å². The number of carbonyl (C=O) groups excluding carboxylic acids is 1. The Hall–Kier alpha value is -2.18. The van der Waals surface area contributed by atoms with E-state index in [0.29, 0.717) is 18.8 Å². The molecule has 28 heavy (non-hydrogen) atoms. The predicted octanol–water partition coefficient (Wildman–Crippen LogP) is 3.99. The number of allylic oxidation sites excluding steroid dienone is 2. The van der Waals surface area contributed by atoms with Crippen LogP contribution in [0.3, 0.4) is 0 Å². The molecule has 0 bridgehead atoms. The fourth-order valence-electron chi connectivity index (χ4n) is 4.10. The van der Waals surface area contributed by atoms with Gasteiger partial charge in [0.15, 0.2) is 5.78 Å². The van der Waals surface area contributed by atoms with Crippen molar-refractivity contribution >= 4 is 28.9 Å². The maximum atomic E-state index is 13.4. The van der Waals surface area contributed by atoms with Crippen molar-refractivity contribution in [3.8, 4) is 0 Å². The second-order valence-electron chi connectivity index (χ2n) is 7.90. The summed E-state index contributed by atoms with van der Waals surface area (Å²) in [6.45, 7) is 2.84. The van der Waals surface area contributed by atoms with Crippen LogP contribution in [-0.2, 0) is 22.6 Å². The van der Waals surface area contributed by atoms with Crippen LogP contribution in [0.25, 0.3) is 5.57 Å². The summed E-state index contributed by atoms with van der Waals surface area (Å²) in [4.78, 5) is 23.2. The van der Waals surface area contributed by atoms with Gasteiger partial charge in [0.05, 0.1) is 17.9 Å². The molecule has 1 unspecified atom stereocenters. The Morgan fingerprint density at radius 1 is 1.25 bits per heavy atom. The molecule has 0 saturated heterocycles. The number of nitrogen functional groups attached to an aromatic ring is 1. The summed E-state index contributed by atoms with van der Waals surface area (Å²) in [5.41, 5.74) is 10.9. The molecule has 0 amide bonds. The zero-order chi connectivity index (χ0) is 19.9. The maximum Gasteiger partial charge on any atom is 0.168 e. The minimum absolute atomic E-state index is 0.0818. The van der Waals surface area contributed by atoms with E-state index in [4.69, 9.17) is 10.5 Å². The van der Waals surface area contributed by atoms with Crippen molar-refractivity contribution in [2.45, 2.75) is 38.7 Å². The fourth-order valence-corrected chi connectivity index (χ4v) is 5.16. The molecule has 2 aliphatic rings. The van der Waals surface area contributed by atoms with Crippen molar-refractivity contribution in [1.82, 2.24) is 9.97 Å². The first-order chi connectivity index (χ1) is 13.5. The molecule has 2 aliphatic carbocycles. The molecule has 1 heterocycles. The summed E-state index contributed by atoms with van der Waals surface area (Å²) >= 11 is 1.65. The lowest BCUT2D eigenvalue weighted by Crippen LogP contribution is -2.12. The highest BCUT2D eigenvalue weighted by Gasteiger charge is 2.52. The number of thioether (sulfide) groups is 1. The fraction of sp³-hybridized carbons (Fsp3) is 0.409. The van der Waals surface area contributed by atoms with Gasteiger partial charge in [-0.2, -0.15) is 0 Å². The maximum absolute atomic E-state index is 13.4. The van der Waals surface area contributed by atoms with E-state index < -0.39 is 0 Å². The Kier molecular flexibility index (Phi) is 5.02. The standard InChI is InChI=1S/C22H25N3O2S/c1-22(8-9-22)18-19-17(21(23)25-12-24-19)16(20(18)28-3)15(26)10-13-4-6-14(7-5-13)11-27-2/h4-7,12,18H,8-11H2,1-3H3,(H2,23,24,25). The number of Topliss-reactive ketones (excluding diaryl/α,β-unsaturated/α-hetero) is 1. The van der Waals surface area contributed by atoms with Crippen molar-refractivity contribution in [3.63, 3.8) is 0 Å². The highest BCUT2D eigenvalue weighted by atomic mass is 32.2. The van der Waals surface area contributed by atoms with Gasteiger partial charge in [-0.3, -0.25) is 4.79 Å². The number of hydrogen-bond acceptors (Lipinski definition) is 6. The second-order valence-corrected chi connectivity index (χ2v) is 8.75. The van der Waals surface area contributed by atoms with E-state index in [-0.39, 0.29) is 17.1 Å². The first-order valence-corrected chi connectivity index (χ1v) is 10.7. The van der Waals surface area contributed by atoms with Gasteiger partial charge in [0.2, 0.25) is 0 Å². The third-order valence-corrected chi connectivity index (χ3v) is 6.75. The van der Waals surface area contributed by atoms with Gasteiger partial charge in [0, 0.05) is 29.9 Å². The summed E-state index contributed by atoms with van der Waals surface area (Å²) in [6.07, 6.45) is 6.19. The lowest BCUT2D eigenvalue weighted by molar-refractivity contribution is -0.113. The van der Waals surface area contributed by atoms with E-state index in [1.54, 1.807) is 18.9 Å². The van der Waals surface area contributed by atoms with Crippen LogP contribution in [0.5, 0.6) is 0 Å². The average molecular weight is 396 g/mol. The molecule has 1 aromatic heterocycles. The minimum atomic E-state index is 0.0818.